The number of aromatic nitrogens is 4. The standard InChI is InChI=1S/C22H12F7N5O/c23-16-5-3-12(8-15(16)21(24,25)26)20(35)32-19-6-4-14(11-31-19)34-18(22(27,28)29)9-17(33-34)13-2-1-7-30-10-13/h1-11H,(H,31,32,35). The fourth-order valence-corrected chi connectivity index (χ4v) is 3.09. The third-order valence-electron chi connectivity index (χ3n) is 4.73. The first-order valence-corrected chi connectivity index (χ1v) is 9.65. The minimum atomic E-state index is -5.01. The van der Waals surface area contributed by atoms with Crippen molar-refractivity contribution in [2.45, 2.75) is 12.4 Å². The highest BCUT2D eigenvalue weighted by Gasteiger charge is 2.37. The number of hydrogen-bond acceptors (Lipinski definition) is 4. The molecule has 3 aromatic heterocycles. The molecule has 0 bridgehead atoms. The van der Waals surface area contributed by atoms with Gasteiger partial charge >= 0.3 is 12.4 Å². The highest BCUT2D eigenvalue weighted by Crippen LogP contribution is 2.34. The van der Waals surface area contributed by atoms with Crippen LogP contribution in [0.3, 0.4) is 0 Å². The van der Waals surface area contributed by atoms with E-state index in [4.69, 9.17) is 0 Å². The van der Waals surface area contributed by atoms with E-state index in [9.17, 15) is 35.5 Å². The highest BCUT2D eigenvalue weighted by atomic mass is 19.4. The van der Waals surface area contributed by atoms with Crippen molar-refractivity contribution in [2.24, 2.45) is 0 Å². The van der Waals surface area contributed by atoms with E-state index in [0.29, 0.717) is 22.4 Å². The molecule has 0 saturated carbocycles. The molecule has 180 valence electrons. The van der Waals surface area contributed by atoms with Gasteiger partial charge in [0.1, 0.15) is 17.3 Å². The molecule has 4 rings (SSSR count). The number of nitrogens with zero attached hydrogens (tertiary/aromatic N) is 4. The molecule has 0 atom stereocenters. The van der Waals surface area contributed by atoms with Crippen molar-refractivity contribution in [1.29, 1.82) is 0 Å². The van der Waals surface area contributed by atoms with Gasteiger partial charge in [-0.25, -0.2) is 14.1 Å². The number of amides is 1. The molecule has 1 amide bonds. The quantitative estimate of drug-likeness (QED) is 0.366. The van der Waals surface area contributed by atoms with Crippen molar-refractivity contribution in [3.05, 3.63) is 89.8 Å². The van der Waals surface area contributed by atoms with E-state index in [0.717, 1.165) is 24.4 Å². The molecular weight excluding hydrogens is 483 g/mol. The third-order valence-corrected chi connectivity index (χ3v) is 4.73. The van der Waals surface area contributed by atoms with Crippen molar-refractivity contribution in [3.63, 3.8) is 0 Å². The molecule has 0 fully saturated rings. The van der Waals surface area contributed by atoms with E-state index in [2.05, 4.69) is 20.4 Å². The number of halogens is 7. The van der Waals surface area contributed by atoms with Crippen LogP contribution < -0.4 is 5.32 Å². The van der Waals surface area contributed by atoms with Gasteiger partial charge in [-0.15, -0.1) is 0 Å². The molecule has 3 heterocycles. The van der Waals surface area contributed by atoms with Crippen molar-refractivity contribution >= 4 is 11.7 Å². The van der Waals surface area contributed by atoms with Gasteiger partial charge in [-0.2, -0.15) is 31.4 Å². The van der Waals surface area contributed by atoms with Gasteiger partial charge in [0.15, 0.2) is 0 Å². The first-order valence-electron chi connectivity index (χ1n) is 9.65. The molecule has 6 nitrogen and oxygen atoms in total. The first-order chi connectivity index (χ1) is 16.4. The summed E-state index contributed by atoms with van der Waals surface area (Å²) in [6.45, 7) is 0. The minimum absolute atomic E-state index is 0.0135. The molecule has 0 saturated heterocycles. The molecule has 13 heteroatoms. The van der Waals surface area contributed by atoms with E-state index in [-0.39, 0.29) is 17.2 Å². The summed E-state index contributed by atoms with van der Waals surface area (Å²) < 4.78 is 93.4. The Morgan fingerprint density at radius 2 is 1.69 bits per heavy atom. The Bertz CT molecular complexity index is 1360. The van der Waals surface area contributed by atoms with Crippen molar-refractivity contribution in [2.75, 3.05) is 5.32 Å². The number of rotatable bonds is 4. The predicted octanol–water partition coefficient (Wildman–Crippen LogP) is 5.76. The van der Waals surface area contributed by atoms with Crippen molar-refractivity contribution < 1.29 is 35.5 Å². The summed E-state index contributed by atoms with van der Waals surface area (Å²) in [5.74, 6) is -2.73. The zero-order chi connectivity index (χ0) is 25.4. The normalized spacial score (nSPS) is 12.0. The fraction of sp³-hybridized carbons (Fsp3) is 0.0909. The van der Waals surface area contributed by atoms with Crippen molar-refractivity contribution in [1.82, 2.24) is 19.7 Å². The second-order valence-electron chi connectivity index (χ2n) is 7.11. The summed E-state index contributed by atoms with van der Waals surface area (Å²) in [4.78, 5) is 20.0. The van der Waals surface area contributed by atoms with Gasteiger partial charge in [-0.1, -0.05) is 0 Å². The molecule has 4 aromatic rings. The van der Waals surface area contributed by atoms with Crippen LogP contribution in [0.2, 0.25) is 0 Å². The van der Waals surface area contributed by atoms with Crippen LogP contribution in [0.1, 0.15) is 21.6 Å². The van der Waals surface area contributed by atoms with E-state index in [1.807, 2.05) is 0 Å². The Balaban J connectivity index is 1.60. The van der Waals surface area contributed by atoms with E-state index in [1.54, 1.807) is 6.07 Å². The molecule has 0 unspecified atom stereocenters. The number of pyridine rings is 2. The van der Waals surface area contributed by atoms with Crippen LogP contribution in [0.15, 0.2) is 67.1 Å². The maximum atomic E-state index is 13.6. The van der Waals surface area contributed by atoms with E-state index >= 15 is 0 Å². The maximum absolute atomic E-state index is 13.6. The molecule has 0 aliphatic heterocycles. The number of carbonyl (C=O) groups excluding carboxylic acids is 1. The van der Waals surface area contributed by atoms with Gasteiger partial charge in [-0.05, 0) is 48.5 Å². The molecule has 35 heavy (non-hydrogen) atoms. The molecule has 0 aliphatic rings. The zero-order valence-corrected chi connectivity index (χ0v) is 17.2. The lowest BCUT2D eigenvalue weighted by Gasteiger charge is -2.11. The van der Waals surface area contributed by atoms with Crippen LogP contribution in [-0.2, 0) is 12.4 Å². The Kier molecular flexibility index (Phi) is 6.01. The lowest BCUT2D eigenvalue weighted by atomic mass is 10.1. The number of alkyl halides is 6. The third kappa shape index (κ3) is 5.13. The summed E-state index contributed by atoms with van der Waals surface area (Å²) in [7, 11) is 0. The van der Waals surface area contributed by atoms with Gasteiger partial charge in [-0.3, -0.25) is 9.78 Å². The number of carbonyl (C=O) groups is 1. The van der Waals surface area contributed by atoms with Crippen LogP contribution in [0.25, 0.3) is 16.9 Å². The Hall–Kier alpha value is -4.29. The maximum Gasteiger partial charge on any atom is 0.433 e. The van der Waals surface area contributed by atoms with Crippen LogP contribution >= 0.6 is 0 Å². The Morgan fingerprint density at radius 3 is 2.29 bits per heavy atom. The van der Waals surface area contributed by atoms with Gasteiger partial charge in [0.05, 0.1) is 23.1 Å². The van der Waals surface area contributed by atoms with Gasteiger partial charge in [0.25, 0.3) is 5.91 Å². The van der Waals surface area contributed by atoms with Crippen LogP contribution in [0, 0.1) is 5.82 Å². The first kappa shape index (κ1) is 23.9. The molecule has 0 spiro atoms. The molecule has 1 N–H and O–H groups in total. The second-order valence-corrected chi connectivity index (χ2v) is 7.11. The lowest BCUT2D eigenvalue weighted by Crippen LogP contribution is -2.16. The minimum Gasteiger partial charge on any atom is -0.307 e. The van der Waals surface area contributed by atoms with Gasteiger partial charge in [0, 0.05) is 23.5 Å². The van der Waals surface area contributed by atoms with Crippen LogP contribution in [-0.4, -0.2) is 25.7 Å². The largest absolute Gasteiger partial charge is 0.433 e. The Labute approximate surface area is 192 Å². The van der Waals surface area contributed by atoms with Gasteiger partial charge < -0.3 is 5.32 Å². The topological polar surface area (TPSA) is 72.7 Å². The summed E-state index contributed by atoms with van der Waals surface area (Å²) in [5, 5.41) is 6.19. The average molecular weight is 495 g/mol. The highest BCUT2D eigenvalue weighted by molar-refractivity contribution is 6.03. The summed E-state index contributed by atoms with van der Waals surface area (Å²) in [5.41, 5.74) is -2.91. The SMILES string of the molecule is O=C(Nc1ccc(-n2nc(-c3cccnc3)cc2C(F)(F)F)cn1)c1ccc(F)c(C(F)(F)F)c1. The summed E-state index contributed by atoms with van der Waals surface area (Å²) >= 11 is 0. The molecule has 1 aromatic carbocycles. The smallest absolute Gasteiger partial charge is 0.307 e. The summed E-state index contributed by atoms with van der Waals surface area (Å²) in [6, 6.07) is 7.96. The molecular formula is C22H12F7N5O. The zero-order valence-electron chi connectivity index (χ0n) is 17.2. The number of nitrogens with one attached hydrogen (secondary N) is 1. The average Bonchev–Trinajstić information content (AvgIpc) is 3.26. The lowest BCUT2D eigenvalue weighted by molar-refractivity contribution is -0.143. The van der Waals surface area contributed by atoms with E-state index < -0.39 is 40.9 Å². The fourth-order valence-electron chi connectivity index (χ4n) is 3.09. The second kappa shape index (κ2) is 8.81. The molecule has 0 radical (unpaired) electrons. The monoisotopic (exact) mass is 495 g/mol. The number of anilines is 1. The number of hydrogen-bond donors (Lipinski definition) is 1. The predicted molar refractivity (Wildman–Crippen MR) is 109 cm³/mol. The van der Waals surface area contributed by atoms with Crippen molar-refractivity contribution in [3.8, 4) is 16.9 Å². The Morgan fingerprint density at radius 1 is 0.914 bits per heavy atom. The van der Waals surface area contributed by atoms with Crippen LogP contribution in [0.5, 0.6) is 0 Å². The van der Waals surface area contributed by atoms with E-state index in [1.165, 1.54) is 24.5 Å². The molecule has 0 aliphatic carbocycles. The van der Waals surface area contributed by atoms with Crippen LogP contribution in [0.4, 0.5) is 36.6 Å². The summed E-state index contributed by atoms with van der Waals surface area (Å²) in [6.07, 6.45) is -5.95. The number of benzene rings is 1. The van der Waals surface area contributed by atoms with Gasteiger partial charge in [0.2, 0.25) is 0 Å².